The molecular weight excluding hydrogens is 156 g/mol. The summed E-state index contributed by atoms with van der Waals surface area (Å²) in [5, 5.41) is 9.66. The van der Waals surface area contributed by atoms with Gasteiger partial charge in [-0.25, -0.2) is 4.79 Å². The molecule has 0 spiro atoms. The molecule has 3 heteroatoms. The average molecular weight is 168 g/mol. The minimum absolute atomic E-state index is 0.324. The summed E-state index contributed by atoms with van der Waals surface area (Å²) in [6.45, 7) is 1.54. The van der Waals surface area contributed by atoms with E-state index in [0.29, 0.717) is 5.57 Å². The van der Waals surface area contributed by atoms with E-state index in [1.54, 1.807) is 6.92 Å². The molecule has 1 aliphatic heterocycles. The lowest BCUT2D eigenvalue weighted by atomic mass is 9.89. The Morgan fingerprint density at radius 1 is 1.42 bits per heavy atom. The van der Waals surface area contributed by atoms with E-state index in [9.17, 15) is 9.90 Å². The van der Waals surface area contributed by atoms with Crippen LogP contribution in [0.5, 0.6) is 0 Å². The lowest BCUT2D eigenvalue weighted by Crippen LogP contribution is -2.27. The minimum Gasteiger partial charge on any atom is -0.426 e. The molecule has 2 rings (SSSR count). The summed E-state index contributed by atoms with van der Waals surface area (Å²) >= 11 is 0. The van der Waals surface area contributed by atoms with Crippen LogP contribution in [0.3, 0.4) is 0 Å². The fourth-order valence-electron chi connectivity index (χ4n) is 1.95. The van der Waals surface area contributed by atoms with Crippen LogP contribution in [0, 0.1) is 0 Å². The molecule has 1 atom stereocenters. The second kappa shape index (κ2) is 2.33. The van der Waals surface area contributed by atoms with Crippen molar-refractivity contribution in [2.75, 3.05) is 0 Å². The molecule has 1 aliphatic carbocycles. The Bertz CT molecular complexity index is 263. The molecule has 0 fully saturated rings. The first-order valence-electron chi connectivity index (χ1n) is 4.29. The van der Waals surface area contributed by atoms with Gasteiger partial charge in [0.2, 0.25) is 5.79 Å². The lowest BCUT2D eigenvalue weighted by molar-refractivity contribution is -0.175. The predicted octanol–water partition coefficient (Wildman–Crippen LogP) is 1.12. The molecule has 3 nitrogen and oxygen atoms in total. The molecule has 2 aliphatic rings. The van der Waals surface area contributed by atoms with Crippen LogP contribution in [-0.4, -0.2) is 16.9 Å². The SMILES string of the molecule is CC1(O)OC(=O)C2=C1CCCC2. The van der Waals surface area contributed by atoms with Crippen LogP contribution in [0.25, 0.3) is 0 Å². The van der Waals surface area contributed by atoms with Crippen LogP contribution in [0.4, 0.5) is 0 Å². The average Bonchev–Trinajstić information content (AvgIpc) is 2.25. The molecule has 0 saturated heterocycles. The van der Waals surface area contributed by atoms with Gasteiger partial charge in [0.1, 0.15) is 0 Å². The van der Waals surface area contributed by atoms with Gasteiger partial charge in [-0.1, -0.05) is 0 Å². The number of carbonyl (C=O) groups is 1. The zero-order valence-corrected chi connectivity index (χ0v) is 7.09. The molecule has 0 amide bonds. The Kier molecular flexibility index (Phi) is 1.51. The first-order valence-corrected chi connectivity index (χ1v) is 4.29. The van der Waals surface area contributed by atoms with Crippen LogP contribution in [0.15, 0.2) is 11.1 Å². The van der Waals surface area contributed by atoms with Crippen molar-refractivity contribution in [1.82, 2.24) is 0 Å². The molecule has 0 aromatic rings. The number of hydrogen-bond acceptors (Lipinski definition) is 3. The van der Waals surface area contributed by atoms with Gasteiger partial charge in [0.05, 0.1) is 0 Å². The Labute approximate surface area is 71.0 Å². The van der Waals surface area contributed by atoms with Crippen molar-refractivity contribution in [3.63, 3.8) is 0 Å². The van der Waals surface area contributed by atoms with Gasteiger partial charge in [-0.3, -0.25) is 0 Å². The zero-order chi connectivity index (χ0) is 8.77. The quantitative estimate of drug-likeness (QED) is 0.551. The van der Waals surface area contributed by atoms with E-state index in [1.807, 2.05) is 0 Å². The fraction of sp³-hybridized carbons (Fsp3) is 0.667. The number of ether oxygens (including phenoxy) is 1. The maximum Gasteiger partial charge on any atom is 0.336 e. The van der Waals surface area contributed by atoms with E-state index in [4.69, 9.17) is 4.74 Å². The van der Waals surface area contributed by atoms with Gasteiger partial charge in [0.15, 0.2) is 0 Å². The molecule has 1 unspecified atom stereocenters. The first kappa shape index (κ1) is 7.80. The van der Waals surface area contributed by atoms with Crippen molar-refractivity contribution in [1.29, 1.82) is 0 Å². The van der Waals surface area contributed by atoms with Gasteiger partial charge in [-0.15, -0.1) is 0 Å². The van der Waals surface area contributed by atoms with Gasteiger partial charge in [-0.2, -0.15) is 0 Å². The second-order valence-corrected chi connectivity index (χ2v) is 3.54. The number of carbonyl (C=O) groups excluding carboxylic acids is 1. The summed E-state index contributed by atoms with van der Waals surface area (Å²) in [5.41, 5.74) is 1.52. The van der Waals surface area contributed by atoms with E-state index in [0.717, 1.165) is 31.3 Å². The lowest BCUT2D eigenvalue weighted by Gasteiger charge is -2.20. The highest BCUT2D eigenvalue weighted by Gasteiger charge is 2.42. The third-order valence-corrected chi connectivity index (χ3v) is 2.57. The van der Waals surface area contributed by atoms with Gasteiger partial charge in [0, 0.05) is 18.1 Å². The van der Waals surface area contributed by atoms with Crippen molar-refractivity contribution in [2.24, 2.45) is 0 Å². The Hall–Kier alpha value is -0.830. The molecule has 0 aromatic carbocycles. The predicted molar refractivity (Wildman–Crippen MR) is 42.2 cm³/mol. The maximum atomic E-state index is 11.2. The van der Waals surface area contributed by atoms with Crippen LogP contribution in [0.1, 0.15) is 32.6 Å². The first-order chi connectivity index (χ1) is 5.61. The van der Waals surface area contributed by atoms with E-state index in [2.05, 4.69) is 0 Å². The number of esters is 1. The van der Waals surface area contributed by atoms with Gasteiger partial charge in [0.25, 0.3) is 0 Å². The van der Waals surface area contributed by atoms with Gasteiger partial charge >= 0.3 is 5.97 Å². The summed E-state index contributed by atoms with van der Waals surface area (Å²) in [7, 11) is 0. The highest BCUT2D eigenvalue weighted by molar-refractivity contribution is 5.92. The van der Waals surface area contributed by atoms with Gasteiger partial charge < -0.3 is 9.84 Å². The topological polar surface area (TPSA) is 46.5 Å². The number of rotatable bonds is 0. The number of hydrogen-bond donors (Lipinski definition) is 1. The van der Waals surface area contributed by atoms with Crippen molar-refractivity contribution in [2.45, 2.75) is 38.4 Å². The molecule has 0 radical (unpaired) electrons. The van der Waals surface area contributed by atoms with Crippen LogP contribution in [0.2, 0.25) is 0 Å². The normalized spacial score (nSPS) is 35.0. The van der Waals surface area contributed by atoms with Crippen molar-refractivity contribution < 1.29 is 14.6 Å². The van der Waals surface area contributed by atoms with Crippen molar-refractivity contribution >= 4 is 5.97 Å². The second-order valence-electron chi connectivity index (χ2n) is 3.54. The number of aliphatic hydroxyl groups is 1. The number of cyclic esters (lactones) is 1. The largest absolute Gasteiger partial charge is 0.426 e. The van der Waals surface area contributed by atoms with Crippen molar-refractivity contribution in [3.8, 4) is 0 Å². The molecule has 1 heterocycles. The zero-order valence-electron chi connectivity index (χ0n) is 7.09. The highest BCUT2D eigenvalue weighted by atomic mass is 16.7. The fourth-order valence-corrected chi connectivity index (χ4v) is 1.95. The molecule has 0 saturated carbocycles. The standard InChI is InChI=1S/C9H12O3/c1-9(11)7-5-3-2-4-6(7)8(10)12-9/h11H,2-5H2,1H3. The summed E-state index contributed by atoms with van der Waals surface area (Å²) in [6, 6.07) is 0. The molecule has 0 aromatic heterocycles. The van der Waals surface area contributed by atoms with Crippen molar-refractivity contribution in [3.05, 3.63) is 11.1 Å². The molecule has 66 valence electrons. The maximum absolute atomic E-state index is 11.2. The molecular formula is C9H12O3. The van der Waals surface area contributed by atoms with E-state index in [-0.39, 0.29) is 5.97 Å². The minimum atomic E-state index is -1.31. The Balaban J connectivity index is 2.41. The third kappa shape index (κ3) is 0.966. The summed E-state index contributed by atoms with van der Waals surface area (Å²) in [6.07, 6.45) is 3.65. The van der Waals surface area contributed by atoms with Crippen LogP contribution >= 0.6 is 0 Å². The summed E-state index contributed by atoms with van der Waals surface area (Å²) in [4.78, 5) is 11.2. The van der Waals surface area contributed by atoms with Crippen LogP contribution in [-0.2, 0) is 9.53 Å². The summed E-state index contributed by atoms with van der Waals surface area (Å²) in [5.74, 6) is -1.64. The molecule has 0 bridgehead atoms. The summed E-state index contributed by atoms with van der Waals surface area (Å²) < 4.78 is 4.84. The monoisotopic (exact) mass is 168 g/mol. The van der Waals surface area contributed by atoms with Crippen LogP contribution < -0.4 is 0 Å². The Morgan fingerprint density at radius 2 is 2.08 bits per heavy atom. The third-order valence-electron chi connectivity index (χ3n) is 2.57. The Morgan fingerprint density at radius 3 is 2.75 bits per heavy atom. The van der Waals surface area contributed by atoms with E-state index in [1.165, 1.54) is 0 Å². The highest BCUT2D eigenvalue weighted by Crippen LogP contribution is 2.39. The van der Waals surface area contributed by atoms with E-state index >= 15 is 0 Å². The molecule has 12 heavy (non-hydrogen) atoms. The van der Waals surface area contributed by atoms with Gasteiger partial charge in [-0.05, 0) is 25.7 Å². The van der Waals surface area contributed by atoms with E-state index < -0.39 is 5.79 Å². The molecule has 1 N–H and O–H groups in total. The smallest absolute Gasteiger partial charge is 0.336 e.